The normalized spacial score (nSPS) is 11.7. The maximum absolute atomic E-state index is 13.1. The highest BCUT2D eigenvalue weighted by atomic mass is 35.5. The van der Waals surface area contributed by atoms with Gasteiger partial charge in [0.25, 0.3) is 0 Å². The highest BCUT2D eigenvalue weighted by molar-refractivity contribution is 6.30. The molecule has 0 aromatic heterocycles. The summed E-state index contributed by atoms with van der Waals surface area (Å²) in [6.07, 6.45) is 0.795. The Kier molecular flexibility index (Phi) is 7.86. The summed E-state index contributed by atoms with van der Waals surface area (Å²) in [6, 6.07) is 14.8. The van der Waals surface area contributed by atoms with E-state index in [0.29, 0.717) is 24.5 Å². The molecule has 4 nitrogen and oxygen atoms in total. The first kappa shape index (κ1) is 21.0. The molecule has 2 rings (SSSR count). The number of aryl methyl sites for hydroxylation is 1. The van der Waals surface area contributed by atoms with Crippen molar-refractivity contribution in [3.05, 3.63) is 70.2 Å². The maximum atomic E-state index is 13.1. The summed E-state index contributed by atoms with van der Waals surface area (Å²) in [5.74, 6) is -0.187. The van der Waals surface area contributed by atoms with Crippen LogP contribution in [0.2, 0.25) is 5.02 Å². The molecule has 144 valence electrons. The molecule has 0 aliphatic heterocycles. The molecule has 2 aromatic carbocycles. The Morgan fingerprint density at radius 3 is 2.15 bits per heavy atom. The zero-order valence-corrected chi connectivity index (χ0v) is 16.9. The third-order valence-electron chi connectivity index (χ3n) is 4.48. The van der Waals surface area contributed by atoms with Crippen LogP contribution >= 0.6 is 11.6 Å². The van der Waals surface area contributed by atoms with E-state index in [1.54, 1.807) is 17.0 Å². The Balaban J connectivity index is 2.25. The number of amides is 2. The van der Waals surface area contributed by atoms with Crippen LogP contribution in [0.4, 0.5) is 0 Å². The van der Waals surface area contributed by atoms with Crippen LogP contribution in [0.1, 0.15) is 37.0 Å². The molecule has 0 saturated carbocycles. The lowest BCUT2D eigenvalue weighted by atomic mass is 10.1. The molecular formula is C22H27ClN2O2. The number of carbonyl (C=O) groups excluding carboxylic acids is 2. The third kappa shape index (κ3) is 6.10. The molecule has 0 fully saturated rings. The van der Waals surface area contributed by atoms with Crippen molar-refractivity contribution in [2.75, 3.05) is 6.54 Å². The van der Waals surface area contributed by atoms with Crippen molar-refractivity contribution in [3.63, 3.8) is 0 Å². The number of nitrogens with one attached hydrogen (secondary N) is 1. The summed E-state index contributed by atoms with van der Waals surface area (Å²) in [4.78, 5) is 27.3. The van der Waals surface area contributed by atoms with Crippen LogP contribution in [0.3, 0.4) is 0 Å². The largest absolute Gasteiger partial charge is 0.355 e. The standard InChI is InChI=1S/C22H27ClN2O2/c1-4-20(22(27)24-5-2)25(15-18-8-6-16(3)7-9-18)21(26)14-17-10-12-19(23)13-11-17/h6-13,20H,4-5,14-15H2,1-3H3,(H,24,27). The fraction of sp³-hybridized carbons (Fsp3) is 0.364. The summed E-state index contributed by atoms with van der Waals surface area (Å²) in [7, 11) is 0. The molecule has 1 unspecified atom stereocenters. The van der Waals surface area contributed by atoms with E-state index in [2.05, 4.69) is 5.32 Å². The van der Waals surface area contributed by atoms with Crippen LogP contribution in [-0.4, -0.2) is 29.3 Å². The molecule has 0 spiro atoms. The monoisotopic (exact) mass is 386 g/mol. The highest BCUT2D eigenvalue weighted by Crippen LogP contribution is 2.16. The van der Waals surface area contributed by atoms with Gasteiger partial charge in [0.2, 0.25) is 11.8 Å². The molecular weight excluding hydrogens is 360 g/mol. The van der Waals surface area contributed by atoms with Gasteiger partial charge in [-0.2, -0.15) is 0 Å². The van der Waals surface area contributed by atoms with Gasteiger partial charge in [0.15, 0.2) is 0 Å². The van der Waals surface area contributed by atoms with E-state index in [4.69, 9.17) is 11.6 Å². The van der Waals surface area contributed by atoms with Crippen molar-refractivity contribution in [1.29, 1.82) is 0 Å². The van der Waals surface area contributed by atoms with E-state index in [1.807, 2.05) is 57.2 Å². The molecule has 1 N–H and O–H groups in total. The van der Waals surface area contributed by atoms with E-state index < -0.39 is 6.04 Å². The lowest BCUT2D eigenvalue weighted by molar-refractivity contribution is -0.140. The van der Waals surface area contributed by atoms with E-state index in [1.165, 1.54) is 0 Å². The fourth-order valence-electron chi connectivity index (χ4n) is 2.98. The number of carbonyl (C=O) groups is 2. The third-order valence-corrected chi connectivity index (χ3v) is 4.73. The summed E-state index contributed by atoms with van der Waals surface area (Å²) >= 11 is 5.93. The lowest BCUT2D eigenvalue weighted by Crippen LogP contribution is -2.49. The maximum Gasteiger partial charge on any atom is 0.242 e. The predicted octanol–water partition coefficient (Wildman–Crippen LogP) is 4.13. The van der Waals surface area contributed by atoms with Crippen molar-refractivity contribution < 1.29 is 9.59 Å². The van der Waals surface area contributed by atoms with Gasteiger partial charge in [-0.05, 0) is 43.5 Å². The molecule has 0 heterocycles. The second-order valence-electron chi connectivity index (χ2n) is 6.63. The fourth-order valence-corrected chi connectivity index (χ4v) is 3.11. The van der Waals surface area contributed by atoms with E-state index in [9.17, 15) is 9.59 Å². The summed E-state index contributed by atoms with van der Waals surface area (Å²) < 4.78 is 0. The van der Waals surface area contributed by atoms with Gasteiger partial charge in [-0.15, -0.1) is 0 Å². The van der Waals surface area contributed by atoms with Crippen molar-refractivity contribution in [2.45, 2.75) is 46.2 Å². The first-order chi connectivity index (χ1) is 12.9. The number of hydrogen-bond acceptors (Lipinski definition) is 2. The van der Waals surface area contributed by atoms with Crippen LogP contribution in [0.15, 0.2) is 48.5 Å². The minimum atomic E-state index is -0.494. The van der Waals surface area contributed by atoms with Crippen LogP contribution in [0.5, 0.6) is 0 Å². The van der Waals surface area contributed by atoms with Crippen LogP contribution in [0.25, 0.3) is 0 Å². The zero-order chi connectivity index (χ0) is 19.8. The van der Waals surface area contributed by atoms with Gasteiger partial charge in [-0.3, -0.25) is 9.59 Å². The van der Waals surface area contributed by atoms with Gasteiger partial charge < -0.3 is 10.2 Å². The van der Waals surface area contributed by atoms with Gasteiger partial charge >= 0.3 is 0 Å². The second-order valence-corrected chi connectivity index (χ2v) is 7.07. The van der Waals surface area contributed by atoms with Gasteiger partial charge in [-0.1, -0.05) is 60.5 Å². The highest BCUT2D eigenvalue weighted by Gasteiger charge is 2.28. The Morgan fingerprint density at radius 2 is 1.59 bits per heavy atom. The number of nitrogens with zero attached hydrogens (tertiary/aromatic N) is 1. The molecule has 0 aliphatic rings. The van der Waals surface area contributed by atoms with Crippen molar-refractivity contribution in [3.8, 4) is 0 Å². The molecule has 2 amide bonds. The number of halogens is 1. The number of likely N-dealkylation sites (N-methyl/N-ethyl adjacent to an activating group) is 1. The molecule has 27 heavy (non-hydrogen) atoms. The Hall–Kier alpha value is -2.33. The van der Waals surface area contributed by atoms with Gasteiger partial charge in [-0.25, -0.2) is 0 Å². The van der Waals surface area contributed by atoms with Gasteiger partial charge in [0.1, 0.15) is 6.04 Å². The van der Waals surface area contributed by atoms with Gasteiger partial charge in [0, 0.05) is 18.1 Å². The molecule has 0 saturated heterocycles. The average molecular weight is 387 g/mol. The Bertz CT molecular complexity index is 757. The Morgan fingerprint density at radius 1 is 1.00 bits per heavy atom. The van der Waals surface area contributed by atoms with E-state index in [-0.39, 0.29) is 18.2 Å². The van der Waals surface area contributed by atoms with Crippen LogP contribution in [-0.2, 0) is 22.6 Å². The molecule has 5 heteroatoms. The molecule has 0 aliphatic carbocycles. The van der Waals surface area contributed by atoms with Crippen LogP contribution < -0.4 is 5.32 Å². The summed E-state index contributed by atoms with van der Waals surface area (Å²) in [6.45, 7) is 6.78. The van der Waals surface area contributed by atoms with Crippen molar-refractivity contribution in [2.24, 2.45) is 0 Å². The number of hydrogen-bond donors (Lipinski definition) is 1. The first-order valence-electron chi connectivity index (χ1n) is 9.31. The SMILES string of the molecule is CCNC(=O)C(CC)N(Cc1ccc(C)cc1)C(=O)Cc1ccc(Cl)cc1. The minimum absolute atomic E-state index is 0.0731. The van der Waals surface area contributed by atoms with E-state index >= 15 is 0 Å². The minimum Gasteiger partial charge on any atom is -0.355 e. The topological polar surface area (TPSA) is 49.4 Å². The van der Waals surface area contributed by atoms with Crippen molar-refractivity contribution >= 4 is 23.4 Å². The van der Waals surface area contributed by atoms with Crippen LogP contribution in [0, 0.1) is 6.92 Å². The van der Waals surface area contributed by atoms with E-state index in [0.717, 1.165) is 16.7 Å². The molecule has 0 bridgehead atoms. The number of benzene rings is 2. The smallest absolute Gasteiger partial charge is 0.242 e. The first-order valence-corrected chi connectivity index (χ1v) is 9.69. The van der Waals surface area contributed by atoms with Crippen molar-refractivity contribution in [1.82, 2.24) is 10.2 Å². The molecule has 0 radical (unpaired) electrons. The molecule has 1 atom stereocenters. The average Bonchev–Trinajstić information content (AvgIpc) is 2.65. The predicted molar refractivity (Wildman–Crippen MR) is 110 cm³/mol. The zero-order valence-electron chi connectivity index (χ0n) is 16.2. The van der Waals surface area contributed by atoms with Gasteiger partial charge in [0.05, 0.1) is 6.42 Å². The Labute approximate surface area is 166 Å². The summed E-state index contributed by atoms with van der Waals surface area (Å²) in [5.41, 5.74) is 3.05. The quantitative estimate of drug-likeness (QED) is 0.741. The lowest BCUT2D eigenvalue weighted by Gasteiger charge is -2.30. The number of rotatable bonds is 8. The molecule has 2 aromatic rings. The summed E-state index contributed by atoms with van der Waals surface area (Å²) in [5, 5.41) is 3.48. The second kappa shape index (κ2) is 10.1.